The van der Waals surface area contributed by atoms with Crippen molar-refractivity contribution in [1.29, 1.82) is 0 Å². The van der Waals surface area contributed by atoms with E-state index in [2.05, 4.69) is 4.98 Å². The van der Waals surface area contributed by atoms with Crippen molar-refractivity contribution in [3.63, 3.8) is 0 Å². The molecule has 0 saturated carbocycles. The van der Waals surface area contributed by atoms with E-state index in [9.17, 15) is 0 Å². The average molecular weight is 365 g/mol. The van der Waals surface area contributed by atoms with Gasteiger partial charge in [-0.3, -0.25) is 0 Å². The van der Waals surface area contributed by atoms with Crippen LogP contribution >= 0.6 is 0 Å². The highest BCUT2D eigenvalue weighted by atomic mass is 16.5. The number of oxazole rings is 1. The number of hydrogen-bond donors (Lipinski definition) is 1. The molecule has 5 nitrogen and oxygen atoms in total. The van der Waals surface area contributed by atoms with Crippen molar-refractivity contribution < 1.29 is 19.0 Å². The molecule has 0 saturated heterocycles. The first-order valence-electron chi connectivity index (χ1n) is 8.86. The summed E-state index contributed by atoms with van der Waals surface area (Å²) in [6, 6.07) is 15.8. The zero-order valence-electron chi connectivity index (χ0n) is 15.3. The highest BCUT2D eigenvalue weighted by Gasteiger charge is 2.08. The van der Waals surface area contributed by atoms with Crippen molar-refractivity contribution >= 4 is 12.2 Å². The quantitative estimate of drug-likeness (QED) is 0.610. The number of benzene rings is 2. The number of methoxy groups -OCH3 is 1. The summed E-state index contributed by atoms with van der Waals surface area (Å²) in [5.74, 6) is 1.84. The highest BCUT2D eigenvalue weighted by Crippen LogP contribution is 2.29. The van der Waals surface area contributed by atoms with Crippen LogP contribution in [0, 0.1) is 0 Å². The number of aliphatic hydroxyl groups excluding tert-OH is 1. The average Bonchev–Trinajstić information content (AvgIpc) is 3.18. The van der Waals surface area contributed by atoms with Gasteiger partial charge in [0.05, 0.1) is 7.11 Å². The largest absolute Gasteiger partial charge is 0.493 e. The predicted octanol–water partition coefficient (Wildman–Crippen LogP) is 4.36. The number of nitrogens with zero attached hydrogens (tertiary/aromatic N) is 1. The molecule has 0 aliphatic rings. The van der Waals surface area contributed by atoms with Crippen molar-refractivity contribution in [2.24, 2.45) is 0 Å². The first kappa shape index (κ1) is 18.7. The van der Waals surface area contributed by atoms with Gasteiger partial charge in [0.15, 0.2) is 11.5 Å². The highest BCUT2D eigenvalue weighted by molar-refractivity contribution is 5.65. The van der Waals surface area contributed by atoms with Gasteiger partial charge in [-0.05, 0) is 42.2 Å². The summed E-state index contributed by atoms with van der Waals surface area (Å²) in [6.07, 6.45) is 6.89. The van der Waals surface area contributed by atoms with Gasteiger partial charge in [-0.2, -0.15) is 0 Å². The Kier molecular flexibility index (Phi) is 6.66. The third-order valence-corrected chi connectivity index (χ3v) is 4.01. The molecule has 0 atom stereocenters. The lowest BCUT2D eigenvalue weighted by atomic mass is 10.1. The molecule has 0 aliphatic heterocycles. The van der Waals surface area contributed by atoms with E-state index in [1.54, 1.807) is 13.4 Å². The van der Waals surface area contributed by atoms with Crippen LogP contribution in [0.5, 0.6) is 11.5 Å². The van der Waals surface area contributed by atoms with Crippen molar-refractivity contribution in [3.05, 3.63) is 77.5 Å². The fraction of sp³-hybridized carbons (Fsp3) is 0.227. The second kappa shape index (κ2) is 9.59. The second-order valence-corrected chi connectivity index (χ2v) is 6.02. The van der Waals surface area contributed by atoms with Crippen LogP contribution in [0.25, 0.3) is 12.2 Å². The molecule has 0 spiro atoms. The number of rotatable bonds is 9. The van der Waals surface area contributed by atoms with Crippen LogP contribution in [0.15, 0.2) is 59.2 Å². The van der Waals surface area contributed by atoms with Crippen LogP contribution in [-0.4, -0.2) is 23.8 Å². The van der Waals surface area contributed by atoms with E-state index in [0.717, 1.165) is 24.0 Å². The summed E-state index contributed by atoms with van der Waals surface area (Å²) in [4.78, 5) is 4.41. The van der Waals surface area contributed by atoms with Gasteiger partial charge in [-0.15, -0.1) is 0 Å². The van der Waals surface area contributed by atoms with E-state index in [1.807, 2.05) is 60.7 Å². The molecule has 1 heterocycles. The van der Waals surface area contributed by atoms with Gasteiger partial charge in [0.1, 0.15) is 18.6 Å². The minimum atomic E-state index is 0.174. The zero-order valence-corrected chi connectivity index (χ0v) is 15.3. The summed E-state index contributed by atoms with van der Waals surface area (Å²) in [6.45, 7) is 0.461. The Morgan fingerprint density at radius 3 is 2.70 bits per heavy atom. The molecule has 1 aromatic heterocycles. The molecule has 2 aromatic carbocycles. The van der Waals surface area contributed by atoms with Crippen molar-refractivity contribution in [2.75, 3.05) is 13.7 Å². The van der Waals surface area contributed by atoms with Crippen LogP contribution in [-0.2, 0) is 13.0 Å². The maximum atomic E-state index is 8.95. The van der Waals surface area contributed by atoms with E-state index in [4.69, 9.17) is 19.0 Å². The Balaban J connectivity index is 1.60. The number of aryl methyl sites for hydroxylation is 1. The summed E-state index contributed by atoms with van der Waals surface area (Å²) < 4.78 is 16.7. The molecule has 3 rings (SSSR count). The third kappa shape index (κ3) is 5.46. The lowest BCUT2D eigenvalue weighted by Gasteiger charge is -2.11. The molecule has 1 N–H and O–H groups in total. The number of hydrogen-bond acceptors (Lipinski definition) is 5. The first-order chi connectivity index (χ1) is 13.3. The fourth-order valence-corrected chi connectivity index (χ4v) is 2.62. The van der Waals surface area contributed by atoms with Gasteiger partial charge >= 0.3 is 0 Å². The van der Waals surface area contributed by atoms with E-state index in [-0.39, 0.29) is 13.2 Å². The molecule has 0 radical (unpaired) electrons. The standard InChI is InChI=1S/C22H23NO4/c1-25-21-14-18(8-5-13-24)9-11-20(21)26-15-19-16-27-22(23-19)12-10-17-6-3-2-4-7-17/h2-4,6-7,9-12,14,16,24H,5,8,13,15H2,1H3/b12-10+. The van der Waals surface area contributed by atoms with Crippen LogP contribution in [0.1, 0.15) is 29.1 Å². The van der Waals surface area contributed by atoms with Gasteiger partial charge in [0.25, 0.3) is 0 Å². The Hall–Kier alpha value is -3.05. The van der Waals surface area contributed by atoms with Gasteiger partial charge in [0, 0.05) is 12.7 Å². The number of ether oxygens (including phenoxy) is 2. The monoisotopic (exact) mass is 365 g/mol. The minimum absolute atomic E-state index is 0.174. The van der Waals surface area contributed by atoms with Gasteiger partial charge < -0.3 is 19.0 Å². The fourth-order valence-electron chi connectivity index (χ4n) is 2.62. The molecule has 27 heavy (non-hydrogen) atoms. The Morgan fingerprint density at radius 1 is 1.07 bits per heavy atom. The van der Waals surface area contributed by atoms with Crippen LogP contribution < -0.4 is 9.47 Å². The normalized spacial score (nSPS) is 11.0. The lowest BCUT2D eigenvalue weighted by Crippen LogP contribution is -1.99. The van der Waals surface area contributed by atoms with E-state index in [1.165, 1.54) is 0 Å². The molecule has 0 fully saturated rings. The molecule has 0 amide bonds. The van der Waals surface area contributed by atoms with Gasteiger partial charge in [-0.25, -0.2) is 4.98 Å². The summed E-state index contributed by atoms with van der Waals surface area (Å²) in [5, 5.41) is 8.95. The predicted molar refractivity (Wildman–Crippen MR) is 105 cm³/mol. The zero-order chi connectivity index (χ0) is 18.9. The summed E-state index contributed by atoms with van der Waals surface area (Å²) in [5.41, 5.74) is 2.89. The maximum absolute atomic E-state index is 8.95. The minimum Gasteiger partial charge on any atom is -0.493 e. The topological polar surface area (TPSA) is 64.7 Å². The van der Waals surface area contributed by atoms with E-state index in [0.29, 0.717) is 23.1 Å². The maximum Gasteiger partial charge on any atom is 0.218 e. The number of aliphatic hydroxyl groups is 1. The van der Waals surface area contributed by atoms with Crippen molar-refractivity contribution in [3.8, 4) is 11.5 Å². The first-order valence-corrected chi connectivity index (χ1v) is 8.86. The summed E-state index contributed by atoms with van der Waals surface area (Å²) >= 11 is 0. The van der Waals surface area contributed by atoms with E-state index < -0.39 is 0 Å². The second-order valence-electron chi connectivity index (χ2n) is 6.02. The molecule has 0 unspecified atom stereocenters. The molecule has 3 aromatic rings. The Bertz CT molecular complexity index is 871. The molecule has 0 aliphatic carbocycles. The Labute approximate surface area is 158 Å². The van der Waals surface area contributed by atoms with Crippen LogP contribution in [0.2, 0.25) is 0 Å². The summed E-state index contributed by atoms with van der Waals surface area (Å²) in [7, 11) is 1.61. The van der Waals surface area contributed by atoms with Crippen molar-refractivity contribution in [2.45, 2.75) is 19.4 Å². The SMILES string of the molecule is COc1cc(CCCO)ccc1OCc1coc(/C=C/c2ccccc2)n1. The third-order valence-electron chi connectivity index (χ3n) is 4.01. The Morgan fingerprint density at radius 2 is 1.93 bits per heavy atom. The van der Waals surface area contributed by atoms with Gasteiger partial charge in [0.2, 0.25) is 5.89 Å². The van der Waals surface area contributed by atoms with Crippen molar-refractivity contribution in [1.82, 2.24) is 4.98 Å². The molecular formula is C22H23NO4. The smallest absolute Gasteiger partial charge is 0.218 e. The van der Waals surface area contributed by atoms with E-state index >= 15 is 0 Å². The molecule has 5 heteroatoms. The molecular weight excluding hydrogens is 342 g/mol. The molecule has 140 valence electrons. The molecule has 0 bridgehead atoms. The van der Waals surface area contributed by atoms with Gasteiger partial charge in [-0.1, -0.05) is 36.4 Å². The van der Waals surface area contributed by atoms with Crippen LogP contribution in [0.3, 0.4) is 0 Å². The van der Waals surface area contributed by atoms with Crippen LogP contribution in [0.4, 0.5) is 0 Å². The number of aromatic nitrogens is 1. The lowest BCUT2D eigenvalue weighted by molar-refractivity contribution is 0.279.